The monoisotopic (exact) mass is 223 g/mol. The maximum absolute atomic E-state index is 12.1. The van der Waals surface area contributed by atoms with Crippen LogP contribution in [-0.2, 0) is 4.79 Å². The van der Waals surface area contributed by atoms with E-state index in [9.17, 15) is 4.79 Å². The topological polar surface area (TPSA) is 20.3 Å². The summed E-state index contributed by atoms with van der Waals surface area (Å²) in [5.41, 5.74) is -0.311. The van der Waals surface area contributed by atoms with Gasteiger partial charge in [0.05, 0.1) is 6.54 Å². The molecule has 92 valence electrons. The molecule has 0 heterocycles. The van der Waals surface area contributed by atoms with Crippen LogP contribution < -0.4 is 0 Å². The van der Waals surface area contributed by atoms with Gasteiger partial charge in [0.2, 0.25) is 5.91 Å². The largest absolute Gasteiger partial charge is 0.334 e. The number of hydrogen-bond acceptors (Lipinski definition) is 1. The zero-order valence-electron chi connectivity index (χ0n) is 11.7. The van der Waals surface area contributed by atoms with Gasteiger partial charge in [-0.15, -0.1) is 0 Å². The summed E-state index contributed by atoms with van der Waals surface area (Å²) < 4.78 is 0. The van der Waals surface area contributed by atoms with Crippen molar-refractivity contribution < 1.29 is 4.79 Å². The van der Waals surface area contributed by atoms with E-state index in [1.54, 1.807) is 4.90 Å². The third-order valence-corrected chi connectivity index (χ3v) is 3.05. The summed E-state index contributed by atoms with van der Waals surface area (Å²) in [6.07, 6.45) is 0. The molecule has 0 rings (SSSR count). The Hall–Kier alpha value is -0.970. The molecular weight excluding hydrogens is 198 g/mol. The second kappa shape index (κ2) is 5.94. The second-order valence-electron chi connectivity index (χ2n) is 5.51. The quantitative estimate of drug-likeness (QED) is 0.674. The number of amides is 1. The predicted molar refractivity (Wildman–Crippen MR) is 68.9 cm³/mol. The molecule has 0 unspecified atom stereocenters. The summed E-state index contributed by atoms with van der Waals surface area (Å²) in [6, 6.07) is 0. The van der Waals surface area contributed by atoms with E-state index < -0.39 is 0 Å². The molecule has 0 aliphatic carbocycles. The van der Waals surface area contributed by atoms with Gasteiger partial charge in [-0.05, 0) is 5.92 Å². The molecule has 0 fully saturated rings. The zero-order chi connectivity index (χ0) is 12.9. The molecule has 0 atom stereocenters. The number of carbonyl (C=O) groups is 1. The number of carbonyl (C=O) groups excluding carboxylic acids is 1. The van der Waals surface area contributed by atoms with Crippen molar-refractivity contribution in [2.24, 2.45) is 17.3 Å². The number of rotatable bonds is 3. The molecule has 16 heavy (non-hydrogen) atoms. The molecule has 0 aliphatic heterocycles. The minimum Gasteiger partial charge on any atom is -0.334 e. The highest BCUT2D eigenvalue weighted by molar-refractivity contribution is 5.82. The first-order chi connectivity index (χ1) is 7.19. The van der Waals surface area contributed by atoms with Gasteiger partial charge in [-0.3, -0.25) is 4.79 Å². The minimum atomic E-state index is -0.311. The van der Waals surface area contributed by atoms with Crippen molar-refractivity contribution >= 4 is 5.91 Å². The SMILES string of the molecule is CC(C)C#CCN(C)C(=O)C(C)(C)C(C)C. The lowest BCUT2D eigenvalue weighted by Crippen LogP contribution is -2.41. The van der Waals surface area contributed by atoms with Crippen molar-refractivity contribution in [2.45, 2.75) is 41.5 Å². The van der Waals surface area contributed by atoms with Gasteiger partial charge in [-0.2, -0.15) is 0 Å². The molecule has 0 aromatic heterocycles. The lowest BCUT2D eigenvalue weighted by molar-refractivity contribution is -0.140. The fourth-order valence-corrected chi connectivity index (χ4v) is 1.18. The maximum atomic E-state index is 12.1. The summed E-state index contributed by atoms with van der Waals surface area (Å²) in [4.78, 5) is 13.9. The molecule has 0 spiro atoms. The van der Waals surface area contributed by atoms with Crippen LogP contribution in [0.25, 0.3) is 0 Å². The van der Waals surface area contributed by atoms with Crippen LogP contribution >= 0.6 is 0 Å². The highest BCUT2D eigenvalue weighted by Crippen LogP contribution is 2.27. The van der Waals surface area contributed by atoms with E-state index >= 15 is 0 Å². The average molecular weight is 223 g/mol. The average Bonchev–Trinajstić information content (AvgIpc) is 2.15. The Morgan fingerprint density at radius 2 is 1.75 bits per heavy atom. The van der Waals surface area contributed by atoms with Crippen LogP contribution in [0.2, 0.25) is 0 Å². The van der Waals surface area contributed by atoms with Crippen LogP contribution in [0, 0.1) is 29.1 Å². The summed E-state index contributed by atoms with van der Waals surface area (Å²) in [6.45, 7) is 12.8. The van der Waals surface area contributed by atoms with E-state index in [0.717, 1.165) is 0 Å². The molecule has 1 amide bonds. The van der Waals surface area contributed by atoms with Crippen LogP contribution in [0.1, 0.15) is 41.5 Å². The number of hydrogen-bond donors (Lipinski definition) is 0. The lowest BCUT2D eigenvalue weighted by atomic mass is 9.80. The van der Waals surface area contributed by atoms with Gasteiger partial charge < -0.3 is 4.90 Å². The van der Waals surface area contributed by atoms with E-state index in [4.69, 9.17) is 0 Å². The summed E-state index contributed by atoms with van der Waals surface area (Å²) in [7, 11) is 1.82. The maximum Gasteiger partial charge on any atom is 0.229 e. The van der Waals surface area contributed by atoms with E-state index in [-0.39, 0.29) is 11.3 Å². The van der Waals surface area contributed by atoms with E-state index in [0.29, 0.717) is 18.4 Å². The molecule has 0 saturated heterocycles. The van der Waals surface area contributed by atoms with Crippen LogP contribution in [0.3, 0.4) is 0 Å². The van der Waals surface area contributed by atoms with Crippen molar-refractivity contribution in [3.05, 3.63) is 0 Å². The third kappa shape index (κ3) is 4.26. The van der Waals surface area contributed by atoms with E-state index in [1.165, 1.54) is 0 Å². The van der Waals surface area contributed by atoms with Crippen molar-refractivity contribution in [2.75, 3.05) is 13.6 Å². The van der Waals surface area contributed by atoms with Gasteiger partial charge in [0.15, 0.2) is 0 Å². The van der Waals surface area contributed by atoms with Gasteiger partial charge in [0, 0.05) is 18.4 Å². The van der Waals surface area contributed by atoms with Crippen LogP contribution in [-0.4, -0.2) is 24.4 Å². The van der Waals surface area contributed by atoms with Crippen LogP contribution in [0.4, 0.5) is 0 Å². The molecule has 0 saturated carbocycles. The number of nitrogens with zero attached hydrogens (tertiary/aromatic N) is 1. The molecule has 2 nitrogen and oxygen atoms in total. The predicted octanol–water partition coefficient (Wildman–Crippen LogP) is 2.79. The molecular formula is C14H25NO. The van der Waals surface area contributed by atoms with Gasteiger partial charge in [-0.25, -0.2) is 0 Å². The third-order valence-electron chi connectivity index (χ3n) is 3.05. The first-order valence-corrected chi connectivity index (χ1v) is 5.93. The normalized spacial score (nSPS) is 11.3. The zero-order valence-corrected chi connectivity index (χ0v) is 11.7. The summed E-state index contributed by atoms with van der Waals surface area (Å²) in [5.74, 6) is 6.96. The summed E-state index contributed by atoms with van der Waals surface area (Å²) >= 11 is 0. The standard InChI is InChI=1S/C14H25NO/c1-11(2)9-8-10-15(7)13(16)14(5,6)12(3)4/h11-12H,10H2,1-7H3. The Morgan fingerprint density at radius 1 is 1.25 bits per heavy atom. The molecule has 0 aliphatic rings. The Morgan fingerprint density at radius 3 is 2.12 bits per heavy atom. The Balaban J connectivity index is 4.48. The minimum absolute atomic E-state index is 0.167. The van der Waals surface area contributed by atoms with E-state index in [2.05, 4.69) is 25.7 Å². The fourth-order valence-electron chi connectivity index (χ4n) is 1.18. The summed E-state index contributed by atoms with van der Waals surface area (Å²) in [5, 5.41) is 0. The smallest absolute Gasteiger partial charge is 0.229 e. The van der Waals surface area contributed by atoms with Crippen LogP contribution in [0.15, 0.2) is 0 Å². The first kappa shape index (κ1) is 15.0. The Bertz CT molecular complexity index is 292. The van der Waals surface area contributed by atoms with Gasteiger partial charge in [0.25, 0.3) is 0 Å². The second-order valence-corrected chi connectivity index (χ2v) is 5.51. The van der Waals surface area contributed by atoms with Gasteiger partial charge >= 0.3 is 0 Å². The van der Waals surface area contributed by atoms with E-state index in [1.807, 2.05) is 34.7 Å². The fraction of sp³-hybridized carbons (Fsp3) is 0.786. The lowest BCUT2D eigenvalue weighted by Gasteiger charge is -2.31. The molecule has 0 aromatic carbocycles. The molecule has 0 radical (unpaired) electrons. The molecule has 0 bridgehead atoms. The van der Waals surface area contributed by atoms with Crippen molar-refractivity contribution in [3.63, 3.8) is 0 Å². The van der Waals surface area contributed by atoms with Gasteiger partial charge in [-0.1, -0.05) is 53.4 Å². The highest BCUT2D eigenvalue weighted by atomic mass is 16.2. The molecule has 0 N–H and O–H groups in total. The Labute approximate surface area is 100 Å². The highest BCUT2D eigenvalue weighted by Gasteiger charge is 2.33. The van der Waals surface area contributed by atoms with Gasteiger partial charge in [0.1, 0.15) is 0 Å². The van der Waals surface area contributed by atoms with Crippen molar-refractivity contribution in [1.29, 1.82) is 0 Å². The molecule has 2 heteroatoms. The van der Waals surface area contributed by atoms with Crippen LogP contribution in [0.5, 0.6) is 0 Å². The van der Waals surface area contributed by atoms with Crippen molar-refractivity contribution in [3.8, 4) is 11.8 Å². The van der Waals surface area contributed by atoms with Crippen molar-refractivity contribution in [1.82, 2.24) is 4.90 Å². The first-order valence-electron chi connectivity index (χ1n) is 5.93. The Kier molecular flexibility index (Phi) is 5.58. The molecule has 0 aromatic rings.